The van der Waals surface area contributed by atoms with Gasteiger partial charge in [0.05, 0.1) is 6.61 Å². The van der Waals surface area contributed by atoms with Crippen LogP contribution in [0.5, 0.6) is 5.75 Å². The van der Waals surface area contributed by atoms with Gasteiger partial charge in [0.1, 0.15) is 5.75 Å². The molecule has 1 atom stereocenters. The molecule has 1 nitrogen and oxygen atoms in total. The zero-order valence-corrected chi connectivity index (χ0v) is 11.8. The summed E-state index contributed by atoms with van der Waals surface area (Å²) < 4.78 is 5.55. The zero-order valence-electron chi connectivity index (χ0n) is 10.2. The van der Waals surface area contributed by atoms with Crippen LogP contribution in [0.15, 0.2) is 24.3 Å². The molecule has 0 N–H and O–H groups in total. The molecule has 0 saturated carbocycles. The van der Waals surface area contributed by atoms with Crippen molar-refractivity contribution in [2.75, 3.05) is 6.61 Å². The molecule has 0 heterocycles. The molecule has 2 heteroatoms. The first-order valence-electron chi connectivity index (χ1n) is 6.12. The summed E-state index contributed by atoms with van der Waals surface area (Å²) in [5.74, 6) is 0.979. The van der Waals surface area contributed by atoms with Crippen LogP contribution in [0.1, 0.15) is 38.7 Å². The van der Waals surface area contributed by atoms with Gasteiger partial charge in [-0.3, -0.25) is 0 Å². The van der Waals surface area contributed by atoms with E-state index >= 15 is 0 Å². The smallest absolute Gasteiger partial charge is 0.119 e. The van der Waals surface area contributed by atoms with Crippen LogP contribution >= 0.6 is 15.9 Å². The standard InChI is InChI=1S/C14H21BrO/c1-3-5-13(15)11-12-6-8-14(9-7-12)16-10-4-2/h6-9,13H,3-5,10-11H2,1-2H3. The van der Waals surface area contributed by atoms with E-state index in [9.17, 15) is 0 Å². The van der Waals surface area contributed by atoms with Crippen LogP contribution in [0, 0.1) is 0 Å². The zero-order chi connectivity index (χ0) is 11.8. The summed E-state index contributed by atoms with van der Waals surface area (Å²) in [6.45, 7) is 5.14. The highest BCUT2D eigenvalue weighted by molar-refractivity contribution is 9.09. The number of hydrogen-bond acceptors (Lipinski definition) is 1. The van der Waals surface area contributed by atoms with Crippen molar-refractivity contribution in [2.24, 2.45) is 0 Å². The fourth-order valence-electron chi connectivity index (χ4n) is 1.61. The van der Waals surface area contributed by atoms with Crippen LogP contribution in [0.2, 0.25) is 0 Å². The summed E-state index contributed by atoms with van der Waals surface area (Å²) in [6.07, 6.45) is 4.62. The van der Waals surface area contributed by atoms with Crippen LogP contribution in [0.3, 0.4) is 0 Å². The average Bonchev–Trinajstić information content (AvgIpc) is 2.28. The van der Waals surface area contributed by atoms with E-state index in [2.05, 4.69) is 54.0 Å². The van der Waals surface area contributed by atoms with Gasteiger partial charge in [-0.25, -0.2) is 0 Å². The minimum absolute atomic E-state index is 0.597. The highest BCUT2D eigenvalue weighted by Crippen LogP contribution is 2.18. The lowest BCUT2D eigenvalue weighted by atomic mass is 10.1. The molecule has 0 aliphatic heterocycles. The Hall–Kier alpha value is -0.500. The molecule has 1 aromatic carbocycles. The van der Waals surface area contributed by atoms with Gasteiger partial charge < -0.3 is 4.74 Å². The number of alkyl halides is 1. The second-order valence-electron chi connectivity index (χ2n) is 4.08. The molecule has 0 saturated heterocycles. The Morgan fingerprint density at radius 3 is 2.38 bits per heavy atom. The predicted octanol–water partition coefficient (Wildman–Crippen LogP) is 4.58. The first-order valence-corrected chi connectivity index (χ1v) is 7.03. The highest BCUT2D eigenvalue weighted by atomic mass is 79.9. The molecule has 0 aliphatic rings. The molecule has 0 bridgehead atoms. The quantitative estimate of drug-likeness (QED) is 0.666. The first kappa shape index (κ1) is 13.6. The monoisotopic (exact) mass is 284 g/mol. The van der Waals surface area contributed by atoms with Gasteiger partial charge in [0.15, 0.2) is 0 Å². The maximum Gasteiger partial charge on any atom is 0.119 e. The topological polar surface area (TPSA) is 9.23 Å². The van der Waals surface area contributed by atoms with Crippen molar-refractivity contribution < 1.29 is 4.74 Å². The summed E-state index contributed by atoms with van der Waals surface area (Å²) in [7, 11) is 0. The van der Waals surface area contributed by atoms with E-state index in [-0.39, 0.29) is 0 Å². The lowest BCUT2D eigenvalue weighted by molar-refractivity contribution is 0.317. The van der Waals surface area contributed by atoms with Gasteiger partial charge in [-0.05, 0) is 37.0 Å². The molecular weight excluding hydrogens is 264 g/mol. The number of hydrogen-bond donors (Lipinski definition) is 0. The minimum Gasteiger partial charge on any atom is -0.494 e. The number of benzene rings is 1. The normalized spacial score (nSPS) is 12.4. The van der Waals surface area contributed by atoms with Crippen molar-refractivity contribution in [3.8, 4) is 5.75 Å². The number of ether oxygens (including phenoxy) is 1. The van der Waals surface area contributed by atoms with Crippen LogP contribution in [0.25, 0.3) is 0 Å². The van der Waals surface area contributed by atoms with Crippen molar-refractivity contribution in [2.45, 2.75) is 44.4 Å². The van der Waals surface area contributed by atoms with Crippen molar-refractivity contribution in [1.82, 2.24) is 0 Å². The van der Waals surface area contributed by atoms with E-state index in [1.807, 2.05) is 0 Å². The Kier molecular flexibility index (Phi) is 6.55. The molecule has 1 rings (SSSR count). The summed E-state index contributed by atoms with van der Waals surface area (Å²) in [6, 6.07) is 8.46. The molecule has 0 aromatic heterocycles. The number of halogens is 1. The third-order valence-corrected chi connectivity index (χ3v) is 3.24. The van der Waals surface area contributed by atoms with E-state index < -0.39 is 0 Å². The highest BCUT2D eigenvalue weighted by Gasteiger charge is 2.04. The summed E-state index contributed by atoms with van der Waals surface area (Å²) in [5, 5.41) is 0. The average molecular weight is 285 g/mol. The van der Waals surface area contributed by atoms with Crippen molar-refractivity contribution in [3.05, 3.63) is 29.8 Å². The van der Waals surface area contributed by atoms with Gasteiger partial charge in [0.25, 0.3) is 0 Å². The molecule has 0 fully saturated rings. The maximum atomic E-state index is 5.55. The Labute approximate surface area is 107 Å². The Balaban J connectivity index is 2.44. The SMILES string of the molecule is CCCOc1ccc(CC(Br)CCC)cc1. The van der Waals surface area contributed by atoms with Gasteiger partial charge in [-0.15, -0.1) is 0 Å². The van der Waals surface area contributed by atoms with Crippen molar-refractivity contribution in [1.29, 1.82) is 0 Å². The molecule has 0 amide bonds. The van der Waals surface area contributed by atoms with Crippen molar-refractivity contribution in [3.63, 3.8) is 0 Å². The van der Waals surface area contributed by atoms with E-state index in [1.165, 1.54) is 18.4 Å². The van der Waals surface area contributed by atoms with Gasteiger partial charge >= 0.3 is 0 Å². The van der Waals surface area contributed by atoms with E-state index in [0.29, 0.717) is 4.83 Å². The van der Waals surface area contributed by atoms with E-state index in [1.54, 1.807) is 0 Å². The lowest BCUT2D eigenvalue weighted by Crippen LogP contribution is -2.02. The predicted molar refractivity (Wildman–Crippen MR) is 73.6 cm³/mol. The molecule has 16 heavy (non-hydrogen) atoms. The largest absolute Gasteiger partial charge is 0.494 e. The van der Waals surface area contributed by atoms with Crippen LogP contribution in [-0.2, 0) is 6.42 Å². The molecule has 1 aromatic rings. The summed E-state index contributed by atoms with van der Waals surface area (Å²) >= 11 is 3.70. The third kappa shape index (κ3) is 5.02. The summed E-state index contributed by atoms with van der Waals surface area (Å²) in [5.41, 5.74) is 1.37. The van der Waals surface area contributed by atoms with Gasteiger partial charge in [-0.2, -0.15) is 0 Å². The molecule has 90 valence electrons. The Morgan fingerprint density at radius 1 is 1.12 bits per heavy atom. The molecule has 0 aliphatic carbocycles. The Morgan fingerprint density at radius 2 is 1.81 bits per heavy atom. The third-order valence-electron chi connectivity index (χ3n) is 2.46. The van der Waals surface area contributed by atoms with Crippen LogP contribution in [-0.4, -0.2) is 11.4 Å². The van der Waals surface area contributed by atoms with Gasteiger partial charge in [0, 0.05) is 4.83 Å². The van der Waals surface area contributed by atoms with Crippen molar-refractivity contribution >= 4 is 15.9 Å². The Bertz CT molecular complexity index is 281. The second kappa shape index (κ2) is 7.72. The van der Waals surface area contributed by atoms with Gasteiger partial charge in [0.2, 0.25) is 0 Å². The van der Waals surface area contributed by atoms with E-state index in [0.717, 1.165) is 25.2 Å². The number of rotatable bonds is 7. The first-order chi connectivity index (χ1) is 7.76. The molecule has 0 spiro atoms. The van der Waals surface area contributed by atoms with Crippen LogP contribution < -0.4 is 4.74 Å². The second-order valence-corrected chi connectivity index (χ2v) is 5.38. The summed E-state index contributed by atoms with van der Waals surface area (Å²) in [4.78, 5) is 0.597. The van der Waals surface area contributed by atoms with Crippen LogP contribution in [0.4, 0.5) is 0 Å². The molecule has 0 radical (unpaired) electrons. The lowest BCUT2D eigenvalue weighted by Gasteiger charge is -2.09. The minimum atomic E-state index is 0.597. The molecule has 1 unspecified atom stereocenters. The maximum absolute atomic E-state index is 5.55. The fourth-order valence-corrected chi connectivity index (χ4v) is 2.44. The van der Waals surface area contributed by atoms with Gasteiger partial charge in [-0.1, -0.05) is 48.3 Å². The molecular formula is C14H21BrO. The fraction of sp³-hybridized carbons (Fsp3) is 0.571. The van der Waals surface area contributed by atoms with E-state index in [4.69, 9.17) is 4.74 Å².